The second kappa shape index (κ2) is 10.6. The molecule has 8 heteroatoms. The highest BCUT2D eigenvalue weighted by atomic mass is 16.3. The van der Waals surface area contributed by atoms with Crippen LogP contribution in [0, 0.1) is 20.8 Å². The molecule has 2 aromatic heterocycles. The van der Waals surface area contributed by atoms with Gasteiger partial charge in [-0.15, -0.1) is 0 Å². The van der Waals surface area contributed by atoms with E-state index in [-0.39, 0.29) is 24.3 Å². The van der Waals surface area contributed by atoms with Gasteiger partial charge in [0.1, 0.15) is 11.5 Å². The second-order valence-electron chi connectivity index (χ2n) is 9.05. The zero-order valence-electron chi connectivity index (χ0n) is 20.3. The zero-order chi connectivity index (χ0) is 24.9. The van der Waals surface area contributed by atoms with Gasteiger partial charge in [0.15, 0.2) is 11.8 Å². The Kier molecular flexibility index (Phi) is 7.39. The maximum absolute atomic E-state index is 13.7. The molecule has 0 saturated heterocycles. The molecule has 1 saturated carbocycles. The van der Waals surface area contributed by atoms with Crippen LogP contribution in [0.2, 0.25) is 0 Å². The first-order valence-corrected chi connectivity index (χ1v) is 11.9. The maximum Gasteiger partial charge on any atom is 0.287 e. The van der Waals surface area contributed by atoms with Gasteiger partial charge in [-0.1, -0.05) is 25.0 Å². The van der Waals surface area contributed by atoms with Crippen molar-refractivity contribution in [3.8, 4) is 0 Å². The summed E-state index contributed by atoms with van der Waals surface area (Å²) in [6.07, 6.45) is 5.34. The van der Waals surface area contributed by atoms with Crippen molar-refractivity contribution in [2.45, 2.75) is 58.5 Å². The van der Waals surface area contributed by atoms with Crippen LogP contribution >= 0.6 is 0 Å². The second-order valence-corrected chi connectivity index (χ2v) is 9.05. The molecular weight excluding hydrogens is 446 g/mol. The van der Waals surface area contributed by atoms with Gasteiger partial charge in [0, 0.05) is 11.7 Å². The summed E-state index contributed by atoms with van der Waals surface area (Å²) in [5.41, 5.74) is 2.35. The molecule has 1 aliphatic rings. The van der Waals surface area contributed by atoms with Crippen molar-refractivity contribution in [2.24, 2.45) is 0 Å². The minimum absolute atomic E-state index is 0.0651. The van der Waals surface area contributed by atoms with Gasteiger partial charge in [-0.05, 0) is 75.1 Å². The Balaban J connectivity index is 1.70. The van der Waals surface area contributed by atoms with E-state index in [9.17, 15) is 14.4 Å². The Morgan fingerprint density at radius 2 is 1.83 bits per heavy atom. The molecule has 1 unspecified atom stereocenters. The van der Waals surface area contributed by atoms with Gasteiger partial charge in [-0.25, -0.2) is 0 Å². The van der Waals surface area contributed by atoms with Crippen LogP contribution in [0.1, 0.15) is 64.9 Å². The molecule has 3 aromatic rings. The number of aryl methyl sites for hydroxylation is 3. The van der Waals surface area contributed by atoms with E-state index in [2.05, 4.69) is 10.6 Å². The molecule has 184 valence electrons. The van der Waals surface area contributed by atoms with E-state index in [4.69, 9.17) is 8.83 Å². The van der Waals surface area contributed by atoms with E-state index in [1.54, 1.807) is 25.1 Å². The van der Waals surface area contributed by atoms with Gasteiger partial charge in [0.2, 0.25) is 5.91 Å². The molecule has 1 atom stereocenters. The predicted molar refractivity (Wildman–Crippen MR) is 131 cm³/mol. The molecule has 0 aliphatic heterocycles. The lowest BCUT2D eigenvalue weighted by Crippen LogP contribution is -2.49. The van der Waals surface area contributed by atoms with E-state index in [1.807, 2.05) is 32.0 Å². The monoisotopic (exact) mass is 477 g/mol. The van der Waals surface area contributed by atoms with Gasteiger partial charge in [-0.3, -0.25) is 19.3 Å². The van der Waals surface area contributed by atoms with Crippen molar-refractivity contribution in [3.63, 3.8) is 0 Å². The molecule has 2 heterocycles. The number of nitrogens with zero attached hydrogens (tertiary/aromatic N) is 1. The number of amides is 3. The topological polar surface area (TPSA) is 105 Å². The van der Waals surface area contributed by atoms with Gasteiger partial charge in [0.05, 0.1) is 12.8 Å². The molecule has 2 N–H and O–H groups in total. The van der Waals surface area contributed by atoms with Crippen molar-refractivity contribution >= 4 is 23.4 Å². The maximum atomic E-state index is 13.7. The van der Waals surface area contributed by atoms with Gasteiger partial charge in [-0.2, -0.15) is 0 Å². The van der Waals surface area contributed by atoms with Crippen molar-refractivity contribution < 1.29 is 23.2 Å². The van der Waals surface area contributed by atoms with Gasteiger partial charge >= 0.3 is 0 Å². The summed E-state index contributed by atoms with van der Waals surface area (Å²) >= 11 is 0. The standard InChI is InChI=1S/C27H31N3O5/c1-17-10-11-18(2)21(15-17)30(24(31)16-28-26(32)23-9-6-14-34-23)25(22-13-12-19(3)35-22)27(33)29-20-7-4-5-8-20/h6,9-15,20,25H,4-5,7-8,16H2,1-3H3,(H,28,32)(H,29,33). The lowest BCUT2D eigenvalue weighted by atomic mass is 10.0. The van der Waals surface area contributed by atoms with Crippen LogP contribution in [0.3, 0.4) is 0 Å². The normalized spacial score (nSPS) is 14.5. The van der Waals surface area contributed by atoms with Crippen LogP contribution in [0.5, 0.6) is 0 Å². The van der Waals surface area contributed by atoms with Crippen LogP contribution in [-0.2, 0) is 9.59 Å². The number of carbonyl (C=O) groups is 3. The first-order valence-electron chi connectivity index (χ1n) is 11.9. The highest BCUT2D eigenvalue weighted by molar-refractivity contribution is 6.04. The van der Waals surface area contributed by atoms with Crippen molar-refractivity contribution in [3.05, 3.63) is 77.1 Å². The molecule has 1 aromatic carbocycles. The Hall–Kier alpha value is -3.81. The van der Waals surface area contributed by atoms with Crippen LogP contribution in [-0.4, -0.2) is 30.3 Å². The number of carbonyl (C=O) groups excluding carboxylic acids is 3. The lowest BCUT2D eigenvalue weighted by Gasteiger charge is -2.32. The summed E-state index contributed by atoms with van der Waals surface area (Å²) < 4.78 is 11.0. The van der Waals surface area contributed by atoms with E-state index in [0.717, 1.165) is 36.8 Å². The summed E-state index contributed by atoms with van der Waals surface area (Å²) in [5, 5.41) is 5.72. The molecule has 3 amide bonds. The Bertz CT molecular complexity index is 1190. The van der Waals surface area contributed by atoms with Gasteiger partial charge < -0.3 is 19.5 Å². The van der Waals surface area contributed by atoms with Crippen molar-refractivity contribution in [1.82, 2.24) is 10.6 Å². The Morgan fingerprint density at radius 3 is 2.49 bits per heavy atom. The summed E-state index contributed by atoms with van der Waals surface area (Å²) in [6, 6.07) is 11.4. The number of hydrogen-bond acceptors (Lipinski definition) is 5. The van der Waals surface area contributed by atoms with Crippen LogP contribution in [0.15, 0.2) is 57.6 Å². The molecular formula is C27H31N3O5. The van der Waals surface area contributed by atoms with Crippen molar-refractivity contribution in [2.75, 3.05) is 11.4 Å². The van der Waals surface area contributed by atoms with Crippen LogP contribution < -0.4 is 15.5 Å². The average molecular weight is 478 g/mol. The number of rotatable bonds is 8. The summed E-state index contributed by atoms with van der Waals surface area (Å²) in [6.45, 7) is 5.29. The van der Waals surface area contributed by atoms with E-state index >= 15 is 0 Å². The van der Waals surface area contributed by atoms with E-state index in [0.29, 0.717) is 17.2 Å². The van der Waals surface area contributed by atoms with Crippen LogP contribution in [0.4, 0.5) is 5.69 Å². The molecule has 1 aliphatic carbocycles. The predicted octanol–water partition coefficient (Wildman–Crippen LogP) is 4.36. The average Bonchev–Trinajstić information content (AvgIpc) is 3.61. The fraction of sp³-hybridized carbons (Fsp3) is 0.370. The summed E-state index contributed by atoms with van der Waals surface area (Å²) in [7, 11) is 0. The largest absolute Gasteiger partial charge is 0.464 e. The first kappa shape index (κ1) is 24.3. The quantitative estimate of drug-likeness (QED) is 0.502. The van der Waals surface area contributed by atoms with E-state index < -0.39 is 17.9 Å². The fourth-order valence-electron chi connectivity index (χ4n) is 4.46. The van der Waals surface area contributed by atoms with Crippen LogP contribution in [0.25, 0.3) is 0 Å². The van der Waals surface area contributed by atoms with Gasteiger partial charge in [0.25, 0.3) is 11.8 Å². The highest BCUT2D eigenvalue weighted by Crippen LogP contribution is 2.33. The third-order valence-corrected chi connectivity index (χ3v) is 6.28. The minimum atomic E-state index is -1.03. The summed E-state index contributed by atoms with van der Waals surface area (Å²) in [5.74, 6) is -0.154. The third-order valence-electron chi connectivity index (χ3n) is 6.28. The molecule has 0 spiro atoms. The molecule has 4 rings (SSSR count). The minimum Gasteiger partial charge on any atom is -0.464 e. The first-order chi connectivity index (χ1) is 16.8. The number of furan rings is 2. The fourth-order valence-corrected chi connectivity index (χ4v) is 4.46. The Morgan fingerprint density at radius 1 is 1.06 bits per heavy atom. The number of nitrogens with one attached hydrogen (secondary N) is 2. The highest BCUT2D eigenvalue weighted by Gasteiger charge is 2.37. The summed E-state index contributed by atoms with van der Waals surface area (Å²) in [4.78, 5) is 41.2. The SMILES string of the molecule is Cc1ccc(C)c(N(C(=O)CNC(=O)c2ccco2)C(C(=O)NC2CCCC2)c2ccc(C)o2)c1. The van der Waals surface area contributed by atoms with Crippen molar-refractivity contribution in [1.29, 1.82) is 0 Å². The molecule has 0 radical (unpaired) electrons. The number of hydrogen-bond donors (Lipinski definition) is 2. The molecule has 0 bridgehead atoms. The third kappa shape index (κ3) is 5.65. The molecule has 8 nitrogen and oxygen atoms in total. The smallest absolute Gasteiger partial charge is 0.287 e. The lowest BCUT2D eigenvalue weighted by molar-refractivity contribution is -0.127. The van der Waals surface area contributed by atoms with E-state index in [1.165, 1.54) is 17.2 Å². The molecule has 1 fully saturated rings. The molecule has 35 heavy (non-hydrogen) atoms. The zero-order valence-corrected chi connectivity index (χ0v) is 20.3. The number of anilines is 1. The Labute approximate surface area is 204 Å². The number of benzene rings is 1.